The molecular formula is C16H14BrClFNO2. The zero-order valence-electron chi connectivity index (χ0n) is 11.7. The van der Waals surface area contributed by atoms with Crippen molar-refractivity contribution in [3.05, 3.63) is 68.9 Å². The van der Waals surface area contributed by atoms with Gasteiger partial charge in [-0.2, -0.15) is 0 Å². The number of aliphatic hydroxyl groups is 1. The Bertz CT molecular complexity index is 658. The predicted molar refractivity (Wildman–Crippen MR) is 87.4 cm³/mol. The molecule has 0 bridgehead atoms. The molecule has 0 fully saturated rings. The Kier molecular flexibility index (Phi) is 5.56. The van der Waals surface area contributed by atoms with Crippen LogP contribution in [0.1, 0.15) is 28.9 Å². The Hall–Kier alpha value is -1.43. The molecule has 0 saturated carbocycles. The molecule has 0 heterocycles. The summed E-state index contributed by atoms with van der Waals surface area (Å²) in [6, 6.07) is 10.2. The van der Waals surface area contributed by atoms with Crippen LogP contribution in [0.25, 0.3) is 0 Å². The Morgan fingerprint density at radius 3 is 2.50 bits per heavy atom. The Morgan fingerprint density at radius 1 is 1.27 bits per heavy atom. The van der Waals surface area contributed by atoms with Gasteiger partial charge < -0.3 is 10.4 Å². The maximum Gasteiger partial charge on any atom is 0.251 e. The first-order valence-corrected chi connectivity index (χ1v) is 7.75. The molecule has 0 aliphatic rings. The van der Waals surface area contributed by atoms with Gasteiger partial charge in [-0.3, -0.25) is 4.79 Å². The van der Waals surface area contributed by atoms with E-state index in [2.05, 4.69) is 21.2 Å². The molecule has 2 atom stereocenters. The fourth-order valence-corrected chi connectivity index (χ4v) is 2.55. The number of halogens is 3. The molecule has 6 heteroatoms. The summed E-state index contributed by atoms with van der Waals surface area (Å²) >= 11 is 9.21. The largest absolute Gasteiger partial charge is 0.386 e. The molecule has 2 unspecified atom stereocenters. The fraction of sp³-hybridized carbons (Fsp3) is 0.188. The van der Waals surface area contributed by atoms with Crippen molar-refractivity contribution in [3.63, 3.8) is 0 Å². The standard InChI is InChI=1S/C16H14BrClFNO2/c1-9(15(21)14-12(18)3-2-4-13(14)19)20-16(22)10-5-7-11(17)8-6-10/h2-9,15,21H,1H3,(H,20,22). The van der Waals surface area contributed by atoms with E-state index in [1.807, 2.05) is 0 Å². The third-order valence-electron chi connectivity index (χ3n) is 3.23. The number of rotatable bonds is 4. The minimum Gasteiger partial charge on any atom is -0.386 e. The minimum atomic E-state index is -1.24. The number of carbonyl (C=O) groups excluding carboxylic acids is 1. The monoisotopic (exact) mass is 385 g/mol. The fourth-order valence-electron chi connectivity index (χ4n) is 2.01. The minimum absolute atomic E-state index is 0.0206. The molecule has 0 radical (unpaired) electrons. The van der Waals surface area contributed by atoms with Crippen molar-refractivity contribution in [2.24, 2.45) is 0 Å². The van der Waals surface area contributed by atoms with Crippen molar-refractivity contribution in [2.45, 2.75) is 19.1 Å². The Labute approximate surface area is 141 Å². The maximum atomic E-state index is 13.8. The van der Waals surface area contributed by atoms with Crippen molar-refractivity contribution in [3.8, 4) is 0 Å². The van der Waals surface area contributed by atoms with Crippen LogP contribution in [0, 0.1) is 5.82 Å². The second-order valence-electron chi connectivity index (χ2n) is 4.85. The van der Waals surface area contributed by atoms with Crippen molar-refractivity contribution in [2.75, 3.05) is 0 Å². The highest BCUT2D eigenvalue weighted by Crippen LogP contribution is 2.28. The van der Waals surface area contributed by atoms with E-state index in [1.54, 1.807) is 31.2 Å². The van der Waals surface area contributed by atoms with Crippen LogP contribution in [0.2, 0.25) is 5.02 Å². The van der Waals surface area contributed by atoms with Crippen molar-refractivity contribution < 1.29 is 14.3 Å². The van der Waals surface area contributed by atoms with Gasteiger partial charge in [-0.05, 0) is 43.3 Å². The summed E-state index contributed by atoms with van der Waals surface area (Å²) in [5.41, 5.74) is 0.426. The molecule has 2 aromatic carbocycles. The summed E-state index contributed by atoms with van der Waals surface area (Å²) in [6.07, 6.45) is -1.24. The van der Waals surface area contributed by atoms with Crippen molar-refractivity contribution in [1.29, 1.82) is 0 Å². The average molecular weight is 387 g/mol. The summed E-state index contributed by atoms with van der Waals surface area (Å²) < 4.78 is 14.7. The van der Waals surface area contributed by atoms with E-state index < -0.39 is 18.0 Å². The van der Waals surface area contributed by atoms with Gasteiger partial charge in [0.05, 0.1) is 6.04 Å². The van der Waals surface area contributed by atoms with E-state index in [1.165, 1.54) is 18.2 Å². The van der Waals surface area contributed by atoms with Crippen LogP contribution in [-0.4, -0.2) is 17.1 Å². The Balaban J connectivity index is 2.13. The lowest BCUT2D eigenvalue weighted by Crippen LogP contribution is -2.37. The van der Waals surface area contributed by atoms with Crippen LogP contribution in [0.5, 0.6) is 0 Å². The second-order valence-corrected chi connectivity index (χ2v) is 6.17. The van der Waals surface area contributed by atoms with Crippen LogP contribution in [0.15, 0.2) is 46.9 Å². The lowest BCUT2D eigenvalue weighted by Gasteiger charge is -2.22. The number of carbonyl (C=O) groups is 1. The molecule has 0 aliphatic carbocycles. The first-order chi connectivity index (χ1) is 10.4. The highest BCUT2D eigenvalue weighted by atomic mass is 79.9. The van der Waals surface area contributed by atoms with E-state index in [-0.39, 0.29) is 16.5 Å². The highest BCUT2D eigenvalue weighted by molar-refractivity contribution is 9.10. The number of aliphatic hydroxyl groups excluding tert-OH is 1. The van der Waals surface area contributed by atoms with E-state index in [0.29, 0.717) is 5.56 Å². The second kappa shape index (κ2) is 7.22. The lowest BCUT2D eigenvalue weighted by molar-refractivity contribution is 0.0846. The maximum absolute atomic E-state index is 13.8. The molecule has 22 heavy (non-hydrogen) atoms. The summed E-state index contributed by atoms with van der Waals surface area (Å²) in [7, 11) is 0. The molecule has 0 aliphatic heterocycles. The van der Waals surface area contributed by atoms with Gasteiger partial charge in [0.15, 0.2) is 0 Å². The Morgan fingerprint density at radius 2 is 1.91 bits per heavy atom. The third-order valence-corrected chi connectivity index (χ3v) is 4.09. The number of nitrogens with one attached hydrogen (secondary N) is 1. The van der Waals surface area contributed by atoms with Crippen molar-refractivity contribution in [1.82, 2.24) is 5.32 Å². The summed E-state index contributed by atoms with van der Waals surface area (Å²) in [6.45, 7) is 1.59. The molecule has 0 aromatic heterocycles. The van der Waals surface area contributed by atoms with Crippen LogP contribution in [0.4, 0.5) is 4.39 Å². The molecule has 0 spiro atoms. The smallest absolute Gasteiger partial charge is 0.251 e. The summed E-state index contributed by atoms with van der Waals surface area (Å²) in [5, 5.41) is 13.0. The molecule has 1 amide bonds. The number of amides is 1. The number of hydrogen-bond acceptors (Lipinski definition) is 2. The highest BCUT2D eigenvalue weighted by Gasteiger charge is 2.24. The molecule has 2 aromatic rings. The van der Waals surface area contributed by atoms with Crippen LogP contribution < -0.4 is 5.32 Å². The average Bonchev–Trinajstić information content (AvgIpc) is 2.47. The molecule has 0 saturated heterocycles. The summed E-state index contributed by atoms with van der Waals surface area (Å²) in [4.78, 5) is 12.1. The predicted octanol–water partition coefficient (Wildman–Crippen LogP) is 4.09. The first kappa shape index (κ1) is 16.9. The topological polar surface area (TPSA) is 49.3 Å². The van der Waals surface area contributed by atoms with Gasteiger partial charge in [0.1, 0.15) is 11.9 Å². The van der Waals surface area contributed by atoms with Gasteiger partial charge in [0.25, 0.3) is 5.91 Å². The normalized spacial score (nSPS) is 13.5. The molecular weight excluding hydrogens is 373 g/mol. The lowest BCUT2D eigenvalue weighted by atomic mass is 10.0. The van der Waals surface area contributed by atoms with Gasteiger partial charge in [0, 0.05) is 20.6 Å². The molecule has 3 nitrogen and oxygen atoms in total. The van der Waals surface area contributed by atoms with Crippen LogP contribution in [-0.2, 0) is 0 Å². The zero-order valence-corrected chi connectivity index (χ0v) is 14.0. The van der Waals surface area contributed by atoms with Gasteiger partial charge in [-0.15, -0.1) is 0 Å². The number of hydrogen-bond donors (Lipinski definition) is 2. The summed E-state index contributed by atoms with van der Waals surface area (Å²) in [5.74, 6) is -0.962. The first-order valence-electron chi connectivity index (χ1n) is 6.58. The van der Waals surface area contributed by atoms with E-state index >= 15 is 0 Å². The third kappa shape index (κ3) is 3.85. The van der Waals surface area contributed by atoms with E-state index in [4.69, 9.17) is 11.6 Å². The van der Waals surface area contributed by atoms with E-state index in [0.717, 1.165) is 4.47 Å². The quantitative estimate of drug-likeness (QED) is 0.831. The van der Waals surface area contributed by atoms with Gasteiger partial charge in [-0.25, -0.2) is 4.39 Å². The van der Waals surface area contributed by atoms with Gasteiger partial charge >= 0.3 is 0 Å². The molecule has 2 N–H and O–H groups in total. The van der Waals surface area contributed by atoms with E-state index in [9.17, 15) is 14.3 Å². The van der Waals surface area contributed by atoms with Crippen LogP contribution in [0.3, 0.4) is 0 Å². The van der Waals surface area contributed by atoms with Gasteiger partial charge in [-0.1, -0.05) is 33.6 Å². The number of benzene rings is 2. The van der Waals surface area contributed by atoms with Gasteiger partial charge in [0.2, 0.25) is 0 Å². The van der Waals surface area contributed by atoms with Crippen LogP contribution >= 0.6 is 27.5 Å². The van der Waals surface area contributed by atoms with Crippen molar-refractivity contribution >= 4 is 33.4 Å². The zero-order chi connectivity index (χ0) is 16.3. The molecule has 2 rings (SSSR count). The SMILES string of the molecule is CC(NC(=O)c1ccc(Br)cc1)C(O)c1c(F)cccc1Cl. The molecule has 116 valence electrons.